The van der Waals surface area contributed by atoms with E-state index in [2.05, 4.69) is 38.2 Å². The molecule has 0 aliphatic carbocycles. The van der Waals surface area contributed by atoms with Crippen LogP contribution in [0.3, 0.4) is 0 Å². The first-order valence-electron chi connectivity index (χ1n) is 22.9. The molecule has 4 N–H and O–H groups in total. The third kappa shape index (κ3) is 41.8. The van der Waals surface area contributed by atoms with Crippen LogP contribution in [-0.4, -0.2) is 60.5 Å². The molecule has 0 saturated carbocycles. The highest BCUT2D eigenvalue weighted by atomic mass is 31.2. The van der Waals surface area contributed by atoms with E-state index in [1.54, 1.807) is 0 Å². The van der Waals surface area contributed by atoms with Gasteiger partial charge in [-0.1, -0.05) is 171 Å². The van der Waals surface area contributed by atoms with Gasteiger partial charge in [-0.3, -0.25) is 18.6 Å². The van der Waals surface area contributed by atoms with E-state index < -0.39 is 32.5 Å². The Hall–Kier alpha value is -2.33. The number of carbonyl (C=O) groups is 2. The Kier molecular flexibility index (Phi) is 41.1. The Morgan fingerprint density at radius 2 is 1.12 bits per heavy atom. The van der Waals surface area contributed by atoms with Crippen molar-refractivity contribution in [3.63, 3.8) is 0 Å². The molecule has 10 nitrogen and oxygen atoms in total. The second-order valence-corrected chi connectivity index (χ2v) is 16.6. The van der Waals surface area contributed by atoms with Crippen molar-refractivity contribution < 1.29 is 42.7 Å². The van der Waals surface area contributed by atoms with E-state index in [1.165, 1.54) is 83.5 Å². The Balaban J connectivity index is 4.25. The number of aliphatic hydroxyl groups is 1. The number of unbranched alkanes of at least 4 members (excludes halogenated alkanes) is 18. The van der Waals surface area contributed by atoms with Gasteiger partial charge in [-0.15, -0.1) is 0 Å². The molecule has 3 atom stereocenters. The third-order valence-electron chi connectivity index (χ3n) is 9.48. The molecule has 0 aliphatic heterocycles. The van der Waals surface area contributed by atoms with Crippen molar-refractivity contribution in [2.45, 2.75) is 199 Å². The van der Waals surface area contributed by atoms with Crippen LogP contribution in [0.2, 0.25) is 0 Å². The standard InChI is InChI=1S/C47H84NO9P/c1-3-5-7-8-9-10-11-12-13-14-15-16-17-18-21-25-28-31-35-39-47(51)57-45(43-56-58(52,53)55-41-40-48)42-54-46(50)38-34-30-27-24-22-19-20-23-26-29-33-37-44(49)36-32-6-4-2/h12-13,19-20,24,26-27,29,33,37,44-45,49H,3-11,14-18,21-23,25,28,30-32,34-36,38-43,48H2,1-2H3,(H,52,53)/b13-12-,20-19-,27-24-,29-26-,37-33+/t44-,45-/m1/s1. The number of allylic oxidation sites excluding steroid dienone is 9. The molecule has 0 rings (SSSR count). The minimum Gasteiger partial charge on any atom is -0.462 e. The third-order valence-corrected chi connectivity index (χ3v) is 10.5. The van der Waals surface area contributed by atoms with Gasteiger partial charge in [0.1, 0.15) is 6.61 Å². The van der Waals surface area contributed by atoms with Crippen molar-refractivity contribution in [2.75, 3.05) is 26.4 Å². The Labute approximate surface area is 353 Å². The summed E-state index contributed by atoms with van der Waals surface area (Å²) < 4.78 is 32.7. The first kappa shape index (κ1) is 55.7. The van der Waals surface area contributed by atoms with Gasteiger partial charge in [-0.2, -0.15) is 0 Å². The summed E-state index contributed by atoms with van der Waals surface area (Å²) in [7, 11) is -4.40. The van der Waals surface area contributed by atoms with Crippen LogP contribution in [-0.2, 0) is 32.7 Å². The first-order chi connectivity index (χ1) is 28.2. The minimum absolute atomic E-state index is 0.0368. The maximum atomic E-state index is 12.6. The van der Waals surface area contributed by atoms with Crippen LogP contribution in [0, 0.1) is 0 Å². The molecular formula is C47H84NO9P. The summed E-state index contributed by atoms with van der Waals surface area (Å²) in [6.45, 7) is 3.52. The number of phosphoric ester groups is 1. The van der Waals surface area contributed by atoms with Crippen LogP contribution in [0.5, 0.6) is 0 Å². The predicted octanol–water partition coefficient (Wildman–Crippen LogP) is 12.2. The molecule has 1 unspecified atom stereocenters. The number of carbonyl (C=O) groups excluding carboxylic acids is 2. The number of aliphatic hydroxyl groups excluding tert-OH is 1. The lowest BCUT2D eigenvalue weighted by Gasteiger charge is -2.19. The predicted molar refractivity (Wildman–Crippen MR) is 239 cm³/mol. The molecule has 0 aromatic rings. The molecule has 0 aromatic carbocycles. The number of rotatable bonds is 42. The average molecular weight is 838 g/mol. The van der Waals surface area contributed by atoms with Gasteiger partial charge >= 0.3 is 19.8 Å². The Bertz CT molecular complexity index is 1150. The monoisotopic (exact) mass is 838 g/mol. The van der Waals surface area contributed by atoms with Crippen LogP contribution in [0.4, 0.5) is 0 Å². The van der Waals surface area contributed by atoms with Gasteiger partial charge < -0.3 is 25.2 Å². The molecule has 11 heteroatoms. The lowest BCUT2D eigenvalue weighted by atomic mass is 10.1. The van der Waals surface area contributed by atoms with E-state index in [-0.39, 0.29) is 38.7 Å². The molecule has 0 fully saturated rings. The lowest BCUT2D eigenvalue weighted by Crippen LogP contribution is -2.29. The summed E-state index contributed by atoms with van der Waals surface area (Å²) >= 11 is 0. The SMILES string of the molecule is CCCCCCCC/C=C\CCCCCCCCCCCC(=O)O[C@H](COC(=O)CCC/C=C\C/C=C\C/C=C\C=C\[C@H](O)CCCCC)COP(=O)(O)OCCN. The molecule has 0 aromatic heterocycles. The van der Waals surface area contributed by atoms with Gasteiger partial charge in [-0.05, 0) is 64.2 Å². The van der Waals surface area contributed by atoms with E-state index in [9.17, 15) is 24.2 Å². The van der Waals surface area contributed by atoms with Crippen molar-refractivity contribution in [3.8, 4) is 0 Å². The molecule has 58 heavy (non-hydrogen) atoms. The Morgan fingerprint density at radius 3 is 1.76 bits per heavy atom. The van der Waals surface area contributed by atoms with Crippen LogP contribution in [0.1, 0.15) is 187 Å². The fourth-order valence-electron chi connectivity index (χ4n) is 6.03. The quantitative estimate of drug-likeness (QED) is 0.0178. The zero-order chi connectivity index (χ0) is 42.6. The van der Waals surface area contributed by atoms with E-state index in [0.29, 0.717) is 19.3 Å². The van der Waals surface area contributed by atoms with Gasteiger partial charge in [0.2, 0.25) is 0 Å². The zero-order valence-corrected chi connectivity index (χ0v) is 37.5. The van der Waals surface area contributed by atoms with Gasteiger partial charge in [0.25, 0.3) is 0 Å². The molecule has 0 bridgehead atoms. The van der Waals surface area contributed by atoms with Gasteiger partial charge in [-0.25, -0.2) is 4.57 Å². The van der Waals surface area contributed by atoms with Crippen molar-refractivity contribution in [1.29, 1.82) is 0 Å². The molecule has 0 heterocycles. The average Bonchev–Trinajstić information content (AvgIpc) is 3.20. The van der Waals surface area contributed by atoms with E-state index in [1.807, 2.05) is 36.5 Å². The van der Waals surface area contributed by atoms with Crippen molar-refractivity contribution in [2.24, 2.45) is 5.73 Å². The highest BCUT2D eigenvalue weighted by molar-refractivity contribution is 7.47. The summed E-state index contributed by atoms with van der Waals surface area (Å²) in [5, 5.41) is 9.89. The first-order valence-corrected chi connectivity index (χ1v) is 24.4. The van der Waals surface area contributed by atoms with E-state index in [0.717, 1.165) is 57.8 Å². The van der Waals surface area contributed by atoms with Crippen LogP contribution >= 0.6 is 7.82 Å². The molecule has 0 spiro atoms. The fourth-order valence-corrected chi connectivity index (χ4v) is 6.79. The number of esters is 2. The summed E-state index contributed by atoms with van der Waals surface area (Å²) in [6.07, 6.45) is 47.2. The number of hydrogen-bond acceptors (Lipinski definition) is 9. The maximum Gasteiger partial charge on any atom is 0.472 e. The van der Waals surface area contributed by atoms with Gasteiger partial charge in [0, 0.05) is 19.4 Å². The molecule has 0 amide bonds. The molecule has 0 saturated heterocycles. The molecule has 0 aliphatic rings. The summed E-state index contributed by atoms with van der Waals surface area (Å²) in [6, 6.07) is 0. The Morgan fingerprint density at radius 1 is 0.603 bits per heavy atom. The summed E-state index contributed by atoms with van der Waals surface area (Å²) in [5.74, 6) is -0.924. The summed E-state index contributed by atoms with van der Waals surface area (Å²) in [5.41, 5.74) is 5.35. The van der Waals surface area contributed by atoms with Gasteiger partial charge in [0.05, 0.1) is 19.3 Å². The highest BCUT2D eigenvalue weighted by Gasteiger charge is 2.26. The number of ether oxygens (including phenoxy) is 2. The number of nitrogens with two attached hydrogens (primary N) is 1. The van der Waals surface area contributed by atoms with E-state index in [4.69, 9.17) is 24.3 Å². The normalized spacial score (nSPS) is 14.4. The molecular weight excluding hydrogens is 753 g/mol. The smallest absolute Gasteiger partial charge is 0.462 e. The zero-order valence-electron chi connectivity index (χ0n) is 36.6. The maximum absolute atomic E-state index is 12.6. The van der Waals surface area contributed by atoms with Crippen molar-refractivity contribution in [3.05, 3.63) is 60.8 Å². The highest BCUT2D eigenvalue weighted by Crippen LogP contribution is 2.43. The van der Waals surface area contributed by atoms with Gasteiger partial charge in [0.15, 0.2) is 6.10 Å². The van der Waals surface area contributed by atoms with Crippen LogP contribution < -0.4 is 5.73 Å². The molecule has 336 valence electrons. The largest absolute Gasteiger partial charge is 0.472 e. The minimum atomic E-state index is -4.40. The topological polar surface area (TPSA) is 155 Å². The van der Waals surface area contributed by atoms with E-state index >= 15 is 0 Å². The fraction of sp³-hybridized carbons (Fsp3) is 0.745. The van der Waals surface area contributed by atoms with Crippen molar-refractivity contribution >= 4 is 19.8 Å². The lowest BCUT2D eigenvalue weighted by molar-refractivity contribution is -0.161. The van der Waals surface area contributed by atoms with Crippen molar-refractivity contribution in [1.82, 2.24) is 0 Å². The second kappa shape index (κ2) is 42.8. The van der Waals surface area contributed by atoms with Crippen LogP contribution in [0.15, 0.2) is 60.8 Å². The van der Waals surface area contributed by atoms with Crippen LogP contribution in [0.25, 0.3) is 0 Å². The summed E-state index contributed by atoms with van der Waals surface area (Å²) in [4.78, 5) is 34.9. The number of phosphoric acid groups is 1. The molecule has 0 radical (unpaired) electrons. The number of hydrogen-bond donors (Lipinski definition) is 3. The second-order valence-electron chi connectivity index (χ2n) is 15.1.